The van der Waals surface area contributed by atoms with Crippen LogP contribution >= 0.6 is 0 Å². The molecule has 2 aromatic rings. The van der Waals surface area contributed by atoms with E-state index in [4.69, 9.17) is 4.74 Å². The number of aliphatic hydroxyl groups is 1. The standard InChI is InChI=1S/C36H45N3O5/c1-6-21-37(25(4)5)34(43)31-36-20-19-35(8-3,44-36)29(32(41)38(22-7-2)27-17-13-10-14-18-27)30(36)33(42)39(31)28(24-40)23-26-15-11-9-12-16-26/h6-7,9-18,25,28-31,40H,1-2,8,19-24H2,3-5H3/t28-,29-,30+,31?,35+,36?/m1/s1. The van der Waals surface area contributed by atoms with E-state index in [1.165, 1.54) is 0 Å². The Morgan fingerprint density at radius 2 is 1.66 bits per heavy atom. The third-order valence-corrected chi connectivity index (χ3v) is 9.91. The summed E-state index contributed by atoms with van der Waals surface area (Å²) >= 11 is 0. The molecule has 3 heterocycles. The first kappa shape index (κ1) is 31.7. The lowest BCUT2D eigenvalue weighted by Gasteiger charge is -2.40. The van der Waals surface area contributed by atoms with Crippen molar-refractivity contribution in [1.29, 1.82) is 0 Å². The zero-order valence-corrected chi connectivity index (χ0v) is 26.1. The SMILES string of the molecule is C=CCN(C(=O)[C@H]1[C@H]2C(=O)N([C@@H](CO)Cc3ccccc3)C(C(=O)N(CC=C)C(C)C)C23CC[C@]1(CC)O3)c1ccccc1. The molecule has 2 bridgehead atoms. The molecule has 1 N–H and O–H groups in total. The van der Waals surface area contributed by atoms with Crippen molar-refractivity contribution in [3.63, 3.8) is 0 Å². The first-order valence-electron chi connectivity index (χ1n) is 15.8. The number of benzene rings is 2. The molecule has 2 unspecified atom stereocenters. The fraction of sp³-hybridized carbons (Fsp3) is 0.472. The van der Waals surface area contributed by atoms with Gasteiger partial charge in [0.1, 0.15) is 11.6 Å². The van der Waals surface area contributed by atoms with Gasteiger partial charge in [0.15, 0.2) is 0 Å². The highest BCUT2D eigenvalue weighted by molar-refractivity contribution is 6.03. The summed E-state index contributed by atoms with van der Waals surface area (Å²) in [5, 5.41) is 10.8. The molecule has 0 aliphatic carbocycles. The molecule has 3 fully saturated rings. The molecule has 3 aliphatic rings. The fourth-order valence-corrected chi connectivity index (χ4v) is 7.92. The zero-order valence-electron chi connectivity index (χ0n) is 26.1. The highest BCUT2D eigenvalue weighted by Gasteiger charge is 2.79. The second-order valence-electron chi connectivity index (χ2n) is 12.6. The largest absolute Gasteiger partial charge is 0.394 e. The van der Waals surface area contributed by atoms with E-state index < -0.39 is 35.1 Å². The van der Waals surface area contributed by atoms with E-state index in [0.717, 1.165) is 5.56 Å². The van der Waals surface area contributed by atoms with Crippen LogP contribution < -0.4 is 4.90 Å². The molecule has 3 amide bonds. The van der Waals surface area contributed by atoms with Gasteiger partial charge >= 0.3 is 0 Å². The minimum atomic E-state index is -1.19. The van der Waals surface area contributed by atoms with Crippen LogP contribution in [0.2, 0.25) is 0 Å². The molecule has 2 aromatic carbocycles. The van der Waals surface area contributed by atoms with Crippen LogP contribution in [-0.2, 0) is 25.5 Å². The van der Waals surface area contributed by atoms with Crippen molar-refractivity contribution >= 4 is 23.4 Å². The number of hydrogen-bond donors (Lipinski definition) is 1. The molecule has 0 aromatic heterocycles. The quantitative estimate of drug-likeness (QED) is 0.345. The van der Waals surface area contributed by atoms with Crippen molar-refractivity contribution in [3.05, 3.63) is 91.5 Å². The van der Waals surface area contributed by atoms with Crippen LogP contribution in [0.3, 0.4) is 0 Å². The van der Waals surface area contributed by atoms with E-state index in [9.17, 15) is 19.5 Å². The number of fused-ring (bicyclic) bond motifs is 1. The summed E-state index contributed by atoms with van der Waals surface area (Å²) in [6, 6.07) is 17.2. The average Bonchev–Trinajstić information content (AvgIpc) is 3.65. The predicted molar refractivity (Wildman–Crippen MR) is 171 cm³/mol. The number of para-hydroxylation sites is 1. The van der Waals surface area contributed by atoms with Crippen molar-refractivity contribution < 1.29 is 24.2 Å². The normalized spacial score (nSPS) is 27.7. The minimum Gasteiger partial charge on any atom is -0.394 e. The number of likely N-dealkylation sites (tertiary alicyclic amines) is 1. The van der Waals surface area contributed by atoms with E-state index in [1.54, 1.807) is 26.9 Å². The van der Waals surface area contributed by atoms with Crippen LogP contribution in [0.25, 0.3) is 0 Å². The first-order chi connectivity index (χ1) is 21.2. The van der Waals surface area contributed by atoms with Gasteiger partial charge in [0.05, 0.1) is 30.1 Å². The lowest BCUT2D eigenvalue weighted by Crippen LogP contribution is -2.60. The maximum Gasteiger partial charge on any atom is 0.248 e. The zero-order chi connectivity index (χ0) is 31.6. The summed E-state index contributed by atoms with van der Waals surface area (Å²) in [5.74, 6) is -2.41. The number of rotatable bonds is 13. The van der Waals surface area contributed by atoms with Gasteiger partial charge in [-0.05, 0) is 57.2 Å². The molecule has 6 atom stereocenters. The van der Waals surface area contributed by atoms with Crippen LogP contribution in [0.4, 0.5) is 5.69 Å². The van der Waals surface area contributed by atoms with E-state index >= 15 is 0 Å². The van der Waals surface area contributed by atoms with Crippen LogP contribution in [0.5, 0.6) is 0 Å². The van der Waals surface area contributed by atoms with Gasteiger partial charge in [-0.2, -0.15) is 0 Å². The topological polar surface area (TPSA) is 90.4 Å². The summed E-state index contributed by atoms with van der Waals surface area (Å²) in [4.78, 5) is 49.2. The molecule has 0 saturated carbocycles. The molecule has 234 valence electrons. The second-order valence-corrected chi connectivity index (χ2v) is 12.6. The first-order valence-corrected chi connectivity index (χ1v) is 15.8. The molecule has 44 heavy (non-hydrogen) atoms. The Kier molecular flexibility index (Phi) is 9.14. The Labute approximate surface area is 261 Å². The maximum absolute atomic E-state index is 14.9. The fourth-order valence-electron chi connectivity index (χ4n) is 7.92. The molecule has 8 heteroatoms. The Morgan fingerprint density at radius 1 is 1.02 bits per heavy atom. The Morgan fingerprint density at radius 3 is 2.23 bits per heavy atom. The average molecular weight is 600 g/mol. The number of hydrogen-bond acceptors (Lipinski definition) is 5. The molecule has 1 spiro atoms. The monoisotopic (exact) mass is 599 g/mol. The summed E-state index contributed by atoms with van der Waals surface area (Å²) in [6.45, 7) is 13.9. The Balaban J connectivity index is 1.64. The number of aliphatic hydroxyl groups excluding tert-OH is 1. The van der Waals surface area contributed by atoms with Crippen molar-refractivity contribution in [2.75, 3.05) is 24.6 Å². The van der Waals surface area contributed by atoms with Crippen LogP contribution in [0.15, 0.2) is 86.0 Å². The number of amides is 3. The molecule has 3 saturated heterocycles. The van der Waals surface area contributed by atoms with Gasteiger partial charge < -0.3 is 24.5 Å². The molecular weight excluding hydrogens is 554 g/mol. The van der Waals surface area contributed by atoms with Gasteiger partial charge in [-0.15, -0.1) is 13.2 Å². The van der Waals surface area contributed by atoms with Gasteiger partial charge in [0.2, 0.25) is 17.7 Å². The number of carbonyl (C=O) groups excluding carboxylic acids is 3. The van der Waals surface area contributed by atoms with Crippen molar-refractivity contribution in [1.82, 2.24) is 9.80 Å². The third-order valence-electron chi connectivity index (χ3n) is 9.91. The van der Waals surface area contributed by atoms with Crippen molar-refractivity contribution in [2.24, 2.45) is 11.8 Å². The Hall–Kier alpha value is -3.75. The smallest absolute Gasteiger partial charge is 0.248 e. The van der Waals surface area contributed by atoms with Crippen molar-refractivity contribution in [3.8, 4) is 0 Å². The minimum absolute atomic E-state index is 0.160. The van der Waals surface area contributed by atoms with E-state index in [-0.39, 0.29) is 36.9 Å². The van der Waals surface area contributed by atoms with E-state index in [2.05, 4.69) is 13.2 Å². The molecule has 3 aliphatic heterocycles. The Bertz CT molecular complexity index is 1380. The van der Waals surface area contributed by atoms with Gasteiger partial charge in [0.25, 0.3) is 0 Å². The van der Waals surface area contributed by atoms with Gasteiger partial charge in [-0.25, -0.2) is 0 Å². The molecule has 8 nitrogen and oxygen atoms in total. The number of anilines is 1. The lowest BCUT2D eigenvalue weighted by atomic mass is 9.64. The van der Waals surface area contributed by atoms with Crippen LogP contribution in [0, 0.1) is 11.8 Å². The van der Waals surface area contributed by atoms with Crippen molar-refractivity contribution in [2.45, 2.75) is 75.8 Å². The van der Waals surface area contributed by atoms with E-state index in [1.807, 2.05) is 81.4 Å². The molecule has 5 rings (SSSR count). The summed E-state index contributed by atoms with van der Waals surface area (Å²) in [6.07, 6.45) is 5.29. The predicted octanol–water partition coefficient (Wildman–Crippen LogP) is 4.39. The summed E-state index contributed by atoms with van der Waals surface area (Å²) in [5.41, 5.74) is -0.425. The summed E-state index contributed by atoms with van der Waals surface area (Å²) in [7, 11) is 0. The second kappa shape index (κ2) is 12.7. The van der Waals surface area contributed by atoms with Crippen LogP contribution in [-0.4, -0.2) is 81.7 Å². The number of carbonyl (C=O) groups is 3. The number of ether oxygens (including phenoxy) is 1. The number of nitrogens with zero attached hydrogens (tertiary/aromatic N) is 3. The summed E-state index contributed by atoms with van der Waals surface area (Å²) < 4.78 is 7.02. The highest BCUT2D eigenvalue weighted by atomic mass is 16.5. The van der Waals surface area contributed by atoms with Gasteiger partial charge in [-0.3, -0.25) is 14.4 Å². The van der Waals surface area contributed by atoms with Gasteiger partial charge in [0, 0.05) is 24.8 Å². The molecular formula is C36H45N3O5. The van der Waals surface area contributed by atoms with Crippen LogP contribution in [0.1, 0.15) is 45.6 Å². The van der Waals surface area contributed by atoms with E-state index in [0.29, 0.717) is 37.9 Å². The molecule has 0 radical (unpaired) electrons. The van der Waals surface area contributed by atoms with Gasteiger partial charge in [-0.1, -0.05) is 67.6 Å². The highest BCUT2D eigenvalue weighted by Crippen LogP contribution is 2.65. The third kappa shape index (κ3) is 5.08. The lowest BCUT2D eigenvalue weighted by molar-refractivity contribution is -0.156. The maximum atomic E-state index is 14.9.